The standard InChI is InChI=1S/C13H12F3N3OS/c1-19(7-8-3-2-6-20-8)12-9(11(17)21)4-5-10(18-12)13(14,15)16/h2-6H,7H2,1H3,(H2,17,21). The smallest absolute Gasteiger partial charge is 0.433 e. The van der Waals surface area contributed by atoms with Gasteiger partial charge in [0.15, 0.2) is 0 Å². The summed E-state index contributed by atoms with van der Waals surface area (Å²) in [4.78, 5) is 5.12. The number of nitrogens with zero attached hydrogens (tertiary/aromatic N) is 2. The summed E-state index contributed by atoms with van der Waals surface area (Å²) >= 11 is 4.86. The van der Waals surface area contributed by atoms with Gasteiger partial charge in [0.2, 0.25) is 0 Å². The number of halogens is 3. The van der Waals surface area contributed by atoms with Gasteiger partial charge in [0.1, 0.15) is 22.3 Å². The van der Waals surface area contributed by atoms with Crippen molar-refractivity contribution in [2.45, 2.75) is 12.7 Å². The van der Waals surface area contributed by atoms with Crippen LogP contribution in [-0.2, 0) is 12.7 Å². The third-order valence-electron chi connectivity index (χ3n) is 2.77. The number of hydrogen-bond donors (Lipinski definition) is 1. The molecule has 2 heterocycles. The van der Waals surface area contributed by atoms with Crippen LogP contribution in [0.2, 0.25) is 0 Å². The molecule has 112 valence electrons. The molecule has 21 heavy (non-hydrogen) atoms. The lowest BCUT2D eigenvalue weighted by molar-refractivity contribution is -0.141. The molecular weight excluding hydrogens is 303 g/mol. The maximum Gasteiger partial charge on any atom is 0.433 e. The Balaban J connectivity index is 2.40. The zero-order chi connectivity index (χ0) is 15.6. The summed E-state index contributed by atoms with van der Waals surface area (Å²) in [5.41, 5.74) is 4.83. The zero-order valence-corrected chi connectivity index (χ0v) is 11.8. The lowest BCUT2D eigenvalue weighted by atomic mass is 10.2. The van der Waals surface area contributed by atoms with Crippen molar-refractivity contribution >= 4 is 23.0 Å². The minimum absolute atomic E-state index is 0.0162. The molecule has 8 heteroatoms. The number of alkyl halides is 3. The SMILES string of the molecule is CN(Cc1ccco1)c1nc(C(F)(F)F)ccc1C(N)=S. The van der Waals surface area contributed by atoms with E-state index in [0.717, 1.165) is 6.07 Å². The monoisotopic (exact) mass is 315 g/mol. The van der Waals surface area contributed by atoms with Crippen LogP contribution in [-0.4, -0.2) is 17.0 Å². The highest BCUT2D eigenvalue weighted by atomic mass is 32.1. The lowest BCUT2D eigenvalue weighted by Gasteiger charge is -2.21. The fraction of sp³-hybridized carbons (Fsp3) is 0.231. The summed E-state index contributed by atoms with van der Waals surface area (Å²) in [7, 11) is 1.59. The first-order valence-corrected chi connectivity index (χ1v) is 6.31. The van der Waals surface area contributed by atoms with E-state index in [4.69, 9.17) is 22.4 Å². The van der Waals surface area contributed by atoms with Gasteiger partial charge in [-0.2, -0.15) is 13.2 Å². The molecule has 0 radical (unpaired) electrons. The third kappa shape index (κ3) is 3.52. The number of aromatic nitrogens is 1. The molecular formula is C13H12F3N3OS. The molecule has 0 amide bonds. The maximum absolute atomic E-state index is 12.8. The minimum Gasteiger partial charge on any atom is -0.467 e. The van der Waals surface area contributed by atoms with Crippen molar-refractivity contribution in [3.63, 3.8) is 0 Å². The largest absolute Gasteiger partial charge is 0.467 e. The Morgan fingerprint density at radius 2 is 2.10 bits per heavy atom. The molecule has 0 aromatic carbocycles. The van der Waals surface area contributed by atoms with Crippen LogP contribution >= 0.6 is 12.2 Å². The number of nitrogens with two attached hydrogens (primary N) is 1. The van der Waals surface area contributed by atoms with Crippen LogP contribution in [0.4, 0.5) is 19.0 Å². The highest BCUT2D eigenvalue weighted by Crippen LogP contribution is 2.30. The van der Waals surface area contributed by atoms with Gasteiger partial charge in [-0.15, -0.1) is 0 Å². The predicted molar refractivity (Wildman–Crippen MR) is 75.9 cm³/mol. The molecule has 2 rings (SSSR count). The Morgan fingerprint density at radius 3 is 2.62 bits per heavy atom. The van der Waals surface area contributed by atoms with Crippen molar-refractivity contribution in [1.82, 2.24) is 4.98 Å². The van der Waals surface area contributed by atoms with Crippen molar-refractivity contribution in [3.8, 4) is 0 Å². The molecule has 0 spiro atoms. The van der Waals surface area contributed by atoms with E-state index in [-0.39, 0.29) is 22.9 Å². The molecule has 0 fully saturated rings. The number of anilines is 1. The van der Waals surface area contributed by atoms with Gasteiger partial charge >= 0.3 is 6.18 Å². The fourth-order valence-corrected chi connectivity index (χ4v) is 1.96. The number of thiocarbonyl (C=S) groups is 1. The molecule has 0 aliphatic rings. The number of pyridine rings is 1. The molecule has 0 saturated carbocycles. The molecule has 0 unspecified atom stereocenters. The van der Waals surface area contributed by atoms with Gasteiger partial charge in [0.25, 0.3) is 0 Å². The molecule has 0 bridgehead atoms. The number of hydrogen-bond acceptors (Lipinski definition) is 4. The van der Waals surface area contributed by atoms with E-state index in [1.54, 1.807) is 19.2 Å². The summed E-state index contributed by atoms with van der Waals surface area (Å²) in [5, 5.41) is 0. The zero-order valence-electron chi connectivity index (χ0n) is 11.0. The van der Waals surface area contributed by atoms with Crippen molar-refractivity contribution in [1.29, 1.82) is 0 Å². The second kappa shape index (κ2) is 5.72. The first kappa shape index (κ1) is 15.3. The highest BCUT2D eigenvalue weighted by molar-refractivity contribution is 7.80. The molecule has 0 aliphatic heterocycles. The summed E-state index contributed by atoms with van der Waals surface area (Å²) in [6, 6.07) is 5.49. The average Bonchev–Trinajstić information content (AvgIpc) is 2.89. The van der Waals surface area contributed by atoms with Crippen molar-refractivity contribution in [2.75, 3.05) is 11.9 Å². The van der Waals surface area contributed by atoms with Gasteiger partial charge in [-0.3, -0.25) is 0 Å². The van der Waals surface area contributed by atoms with E-state index in [0.29, 0.717) is 5.76 Å². The number of rotatable bonds is 4. The molecule has 0 saturated heterocycles. The van der Waals surface area contributed by atoms with E-state index in [2.05, 4.69) is 4.98 Å². The minimum atomic E-state index is -4.53. The third-order valence-corrected chi connectivity index (χ3v) is 2.99. The molecule has 0 aliphatic carbocycles. The van der Waals surface area contributed by atoms with E-state index in [9.17, 15) is 13.2 Å². The first-order chi connectivity index (χ1) is 9.79. The van der Waals surface area contributed by atoms with Crippen LogP contribution in [0.3, 0.4) is 0 Å². The van der Waals surface area contributed by atoms with E-state index in [1.165, 1.54) is 17.2 Å². The Morgan fingerprint density at radius 1 is 1.38 bits per heavy atom. The van der Waals surface area contributed by atoms with Crippen molar-refractivity contribution in [3.05, 3.63) is 47.5 Å². The van der Waals surface area contributed by atoms with E-state index in [1.807, 2.05) is 0 Å². The second-order valence-electron chi connectivity index (χ2n) is 4.37. The van der Waals surface area contributed by atoms with Gasteiger partial charge in [-0.1, -0.05) is 12.2 Å². The van der Waals surface area contributed by atoms with Gasteiger partial charge in [-0.25, -0.2) is 4.98 Å². The quantitative estimate of drug-likeness (QED) is 0.879. The van der Waals surface area contributed by atoms with Crippen LogP contribution in [0, 0.1) is 0 Å². The van der Waals surface area contributed by atoms with Gasteiger partial charge in [0.05, 0.1) is 18.4 Å². The van der Waals surface area contributed by atoms with E-state index >= 15 is 0 Å². The Labute approximate surface area is 124 Å². The molecule has 2 aromatic heterocycles. The fourth-order valence-electron chi connectivity index (χ4n) is 1.80. The Bertz CT molecular complexity index is 641. The second-order valence-corrected chi connectivity index (χ2v) is 4.80. The Kier molecular flexibility index (Phi) is 4.17. The van der Waals surface area contributed by atoms with Crippen LogP contribution in [0.1, 0.15) is 17.0 Å². The maximum atomic E-state index is 12.8. The molecule has 4 nitrogen and oxygen atoms in total. The topological polar surface area (TPSA) is 55.3 Å². The lowest BCUT2D eigenvalue weighted by Crippen LogP contribution is -2.24. The highest BCUT2D eigenvalue weighted by Gasteiger charge is 2.33. The predicted octanol–water partition coefficient (Wildman–Crippen LogP) is 2.96. The summed E-state index contributed by atoms with van der Waals surface area (Å²) in [5.74, 6) is 0.652. The summed E-state index contributed by atoms with van der Waals surface area (Å²) < 4.78 is 43.5. The summed E-state index contributed by atoms with van der Waals surface area (Å²) in [6.07, 6.45) is -3.05. The molecule has 0 atom stereocenters. The normalized spacial score (nSPS) is 11.4. The number of furan rings is 1. The van der Waals surface area contributed by atoms with Gasteiger partial charge < -0.3 is 15.1 Å². The Hall–Kier alpha value is -2.09. The van der Waals surface area contributed by atoms with Gasteiger partial charge in [0, 0.05) is 7.05 Å². The molecule has 2 N–H and O–H groups in total. The van der Waals surface area contributed by atoms with Crippen molar-refractivity contribution in [2.24, 2.45) is 5.73 Å². The van der Waals surface area contributed by atoms with Crippen LogP contribution < -0.4 is 10.6 Å². The van der Waals surface area contributed by atoms with Gasteiger partial charge in [-0.05, 0) is 24.3 Å². The van der Waals surface area contributed by atoms with Crippen LogP contribution in [0.15, 0.2) is 34.9 Å². The van der Waals surface area contributed by atoms with Crippen LogP contribution in [0.5, 0.6) is 0 Å². The van der Waals surface area contributed by atoms with E-state index < -0.39 is 11.9 Å². The average molecular weight is 315 g/mol. The summed E-state index contributed by atoms with van der Waals surface area (Å²) in [6.45, 7) is 0.247. The van der Waals surface area contributed by atoms with Crippen LogP contribution in [0.25, 0.3) is 0 Å². The first-order valence-electron chi connectivity index (χ1n) is 5.90. The van der Waals surface area contributed by atoms with Crippen molar-refractivity contribution < 1.29 is 17.6 Å². The molecule has 2 aromatic rings.